The molecule has 2 aromatic carbocycles. The summed E-state index contributed by atoms with van der Waals surface area (Å²) in [6.07, 6.45) is 4.43. The molecule has 7 heteroatoms. The van der Waals surface area contributed by atoms with E-state index in [1.165, 1.54) is 18.2 Å². The molecule has 0 spiro atoms. The van der Waals surface area contributed by atoms with Crippen LogP contribution in [0.1, 0.15) is 55.0 Å². The minimum Gasteiger partial charge on any atom is -0.463 e. The monoisotopic (exact) mass is 487 g/mol. The SMILES string of the molecule is CCOC(=O)C=Cc1ccc(F)cc1[C@@H](C)OC[C@H](O)CN1CCC[C@H]1Cc1ccc(C)c(F)c1. The van der Waals surface area contributed by atoms with Gasteiger partial charge in [-0.3, -0.25) is 4.90 Å². The minimum absolute atomic E-state index is 0.0844. The average Bonchev–Trinajstić information content (AvgIpc) is 3.25. The van der Waals surface area contributed by atoms with Crippen LogP contribution in [0.2, 0.25) is 0 Å². The summed E-state index contributed by atoms with van der Waals surface area (Å²) in [5.74, 6) is -1.07. The van der Waals surface area contributed by atoms with Crippen LogP contribution in [-0.2, 0) is 20.7 Å². The van der Waals surface area contributed by atoms with Gasteiger partial charge in [0, 0.05) is 18.7 Å². The zero-order valence-electron chi connectivity index (χ0n) is 20.7. The third-order valence-corrected chi connectivity index (χ3v) is 6.36. The highest BCUT2D eigenvalue weighted by Gasteiger charge is 2.27. The molecule has 0 aliphatic carbocycles. The Morgan fingerprint density at radius 2 is 2.06 bits per heavy atom. The molecule has 0 radical (unpaired) electrons. The van der Waals surface area contributed by atoms with Crippen LogP contribution in [0.25, 0.3) is 6.08 Å². The number of esters is 1. The van der Waals surface area contributed by atoms with Crippen molar-refractivity contribution < 1.29 is 28.2 Å². The molecule has 3 rings (SSSR count). The van der Waals surface area contributed by atoms with Crippen molar-refractivity contribution in [3.63, 3.8) is 0 Å². The number of nitrogens with zero attached hydrogens (tertiary/aromatic N) is 1. The summed E-state index contributed by atoms with van der Waals surface area (Å²) in [6.45, 7) is 6.94. The van der Waals surface area contributed by atoms with Crippen LogP contribution in [-0.4, -0.2) is 54.4 Å². The topological polar surface area (TPSA) is 59.0 Å². The van der Waals surface area contributed by atoms with Gasteiger partial charge in [0.2, 0.25) is 0 Å². The number of ether oxygens (including phenoxy) is 2. The Bertz CT molecular complexity index is 1030. The van der Waals surface area contributed by atoms with Crippen molar-refractivity contribution in [3.8, 4) is 0 Å². The Labute approximate surface area is 206 Å². The largest absolute Gasteiger partial charge is 0.463 e. The number of hydrogen-bond acceptors (Lipinski definition) is 5. The molecular weight excluding hydrogens is 452 g/mol. The fourth-order valence-electron chi connectivity index (χ4n) is 4.47. The molecule has 0 unspecified atom stereocenters. The van der Waals surface area contributed by atoms with Crippen molar-refractivity contribution >= 4 is 12.0 Å². The van der Waals surface area contributed by atoms with E-state index in [1.54, 1.807) is 45.0 Å². The highest BCUT2D eigenvalue weighted by Crippen LogP contribution is 2.25. The van der Waals surface area contributed by atoms with Crippen molar-refractivity contribution in [2.75, 3.05) is 26.3 Å². The van der Waals surface area contributed by atoms with Crippen LogP contribution in [0.15, 0.2) is 42.5 Å². The number of aliphatic hydroxyl groups is 1. The number of aliphatic hydroxyl groups excluding tert-OH is 1. The van der Waals surface area contributed by atoms with Gasteiger partial charge in [0.25, 0.3) is 0 Å². The molecule has 35 heavy (non-hydrogen) atoms. The second-order valence-corrected chi connectivity index (χ2v) is 9.07. The van der Waals surface area contributed by atoms with E-state index in [-0.39, 0.29) is 25.1 Å². The van der Waals surface area contributed by atoms with Gasteiger partial charge in [-0.15, -0.1) is 0 Å². The molecule has 0 aromatic heterocycles. The number of β-amino-alcohol motifs (C(OH)–C–C–N with tert-alkyl or cyclic N) is 1. The Morgan fingerprint density at radius 1 is 1.26 bits per heavy atom. The lowest BCUT2D eigenvalue weighted by Gasteiger charge is -2.27. The number of carbonyl (C=O) groups is 1. The maximum Gasteiger partial charge on any atom is 0.330 e. The first-order valence-electron chi connectivity index (χ1n) is 12.2. The molecule has 1 fully saturated rings. The van der Waals surface area contributed by atoms with Crippen LogP contribution >= 0.6 is 0 Å². The van der Waals surface area contributed by atoms with Gasteiger partial charge in [-0.2, -0.15) is 0 Å². The lowest BCUT2D eigenvalue weighted by atomic mass is 10.0. The van der Waals surface area contributed by atoms with Crippen LogP contribution in [0, 0.1) is 18.6 Å². The standard InChI is InChI=1S/C28H35F2NO4/c1-4-34-28(33)12-10-22-9-11-23(29)16-26(22)20(3)35-18-25(32)17-31-13-5-6-24(31)14-21-8-7-19(2)27(30)15-21/h7-12,15-16,20,24-25,32H,4-6,13-14,17-18H2,1-3H3/t20-,24+,25-/m1/s1. The Hall–Kier alpha value is -2.61. The van der Waals surface area contributed by atoms with Gasteiger partial charge in [0.1, 0.15) is 11.6 Å². The normalized spacial score (nSPS) is 18.2. The molecule has 1 aliphatic heterocycles. The molecule has 2 aromatic rings. The number of benzene rings is 2. The van der Waals surface area contributed by atoms with Crippen molar-refractivity contribution in [3.05, 3.63) is 76.4 Å². The Kier molecular flexibility index (Phi) is 9.95. The molecule has 0 amide bonds. The zero-order valence-corrected chi connectivity index (χ0v) is 20.7. The van der Waals surface area contributed by atoms with Crippen LogP contribution < -0.4 is 0 Å². The van der Waals surface area contributed by atoms with Gasteiger partial charge < -0.3 is 14.6 Å². The molecule has 1 aliphatic rings. The van der Waals surface area contributed by atoms with E-state index in [4.69, 9.17) is 9.47 Å². The van der Waals surface area contributed by atoms with Gasteiger partial charge in [-0.1, -0.05) is 18.2 Å². The fourth-order valence-corrected chi connectivity index (χ4v) is 4.47. The molecule has 0 bridgehead atoms. The van der Waals surface area contributed by atoms with Crippen molar-refractivity contribution in [1.29, 1.82) is 0 Å². The van der Waals surface area contributed by atoms with Gasteiger partial charge in [0.05, 0.1) is 25.4 Å². The molecule has 1 saturated heterocycles. The molecular formula is C28H35F2NO4. The first kappa shape index (κ1) is 27.0. The van der Waals surface area contributed by atoms with Crippen LogP contribution in [0.4, 0.5) is 8.78 Å². The maximum atomic E-state index is 13.9. The summed E-state index contributed by atoms with van der Waals surface area (Å²) in [6, 6.07) is 9.88. The van der Waals surface area contributed by atoms with Crippen molar-refractivity contribution in [2.45, 2.75) is 58.3 Å². The van der Waals surface area contributed by atoms with E-state index in [2.05, 4.69) is 4.90 Å². The first-order chi connectivity index (χ1) is 16.8. The quantitative estimate of drug-likeness (QED) is 0.357. The second kappa shape index (κ2) is 12.9. The minimum atomic E-state index is -0.722. The highest BCUT2D eigenvalue weighted by atomic mass is 19.1. The Balaban J connectivity index is 1.56. The summed E-state index contributed by atoms with van der Waals surface area (Å²) < 4.78 is 38.6. The van der Waals surface area contributed by atoms with E-state index in [1.807, 2.05) is 6.07 Å². The van der Waals surface area contributed by atoms with Crippen molar-refractivity contribution in [2.24, 2.45) is 0 Å². The third kappa shape index (κ3) is 7.95. The average molecular weight is 488 g/mol. The number of rotatable bonds is 11. The molecule has 1 N–H and O–H groups in total. The molecule has 5 nitrogen and oxygen atoms in total. The number of aryl methyl sites for hydroxylation is 1. The fraction of sp³-hybridized carbons (Fsp3) is 0.464. The number of hydrogen-bond donors (Lipinski definition) is 1. The van der Waals surface area contributed by atoms with E-state index in [0.29, 0.717) is 23.2 Å². The van der Waals surface area contributed by atoms with E-state index in [0.717, 1.165) is 31.4 Å². The van der Waals surface area contributed by atoms with Gasteiger partial charge in [-0.25, -0.2) is 13.6 Å². The highest BCUT2D eigenvalue weighted by molar-refractivity contribution is 5.87. The Morgan fingerprint density at radius 3 is 2.80 bits per heavy atom. The molecule has 190 valence electrons. The third-order valence-electron chi connectivity index (χ3n) is 6.36. The first-order valence-corrected chi connectivity index (χ1v) is 12.2. The van der Waals surface area contributed by atoms with Crippen LogP contribution in [0.5, 0.6) is 0 Å². The molecule has 0 saturated carbocycles. The van der Waals surface area contributed by atoms with E-state index < -0.39 is 24.0 Å². The molecule has 3 atom stereocenters. The maximum absolute atomic E-state index is 13.9. The summed E-state index contributed by atoms with van der Waals surface area (Å²) in [5.41, 5.74) is 2.82. The number of likely N-dealkylation sites (tertiary alicyclic amines) is 1. The number of halogens is 2. The molecule has 1 heterocycles. The summed E-state index contributed by atoms with van der Waals surface area (Å²) in [4.78, 5) is 13.9. The predicted molar refractivity (Wildman–Crippen MR) is 132 cm³/mol. The van der Waals surface area contributed by atoms with Gasteiger partial charge in [0.15, 0.2) is 0 Å². The predicted octanol–water partition coefficient (Wildman–Crippen LogP) is 5.00. The summed E-state index contributed by atoms with van der Waals surface area (Å²) >= 11 is 0. The van der Waals surface area contributed by atoms with E-state index >= 15 is 0 Å². The zero-order chi connectivity index (χ0) is 25.4. The van der Waals surface area contributed by atoms with Crippen LogP contribution in [0.3, 0.4) is 0 Å². The lowest BCUT2D eigenvalue weighted by Crippen LogP contribution is -2.39. The number of carbonyl (C=O) groups excluding carboxylic acids is 1. The summed E-state index contributed by atoms with van der Waals surface area (Å²) in [7, 11) is 0. The van der Waals surface area contributed by atoms with Gasteiger partial charge >= 0.3 is 5.97 Å². The smallest absolute Gasteiger partial charge is 0.330 e. The van der Waals surface area contributed by atoms with Crippen molar-refractivity contribution in [1.82, 2.24) is 4.90 Å². The lowest BCUT2D eigenvalue weighted by molar-refractivity contribution is -0.137. The second-order valence-electron chi connectivity index (χ2n) is 9.07. The summed E-state index contributed by atoms with van der Waals surface area (Å²) in [5, 5.41) is 10.7. The van der Waals surface area contributed by atoms with Gasteiger partial charge in [-0.05, 0) is 93.1 Å². The van der Waals surface area contributed by atoms with E-state index in [9.17, 15) is 18.7 Å².